The van der Waals surface area contributed by atoms with Crippen LogP contribution in [-0.2, 0) is 4.79 Å². The van der Waals surface area contributed by atoms with Crippen LogP contribution in [0.3, 0.4) is 0 Å². The normalized spacial score (nSPS) is 19.1. The average molecular weight is 292 g/mol. The van der Waals surface area contributed by atoms with Gasteiger partial charge >= 0.3 is 6.55 Å². The van der Waals surface area contributed by atoms with Crippen LogP contribution in [0.1, 0.15) is 6.92 Å². The molecule has 4 nitrogen and oxygen atoms in total. The number of anilines is 1. The Morgan fingerprint density at radius 2 is 2.16 bits per heavy atom. The molecule has 102 valence electrons. The van der Waals surface area contributed by atoms with E-state index in [1.165, 1.54) is 19.1 Å². The van der Waals surface area contributed by atoms with E-state index >= 15 is 0 Å². The van der Waals surface area contributed by atoms with Gasteiger partial charge < -0.3 is 0 Å². The van der Waals surface area contributed by atoms with E-state index in [0.717, 1.165) is 11.1 Å². The summed E-state index contributed by atoms with van der Waals surface area (Å²) in [6, 6.07) is 3.69. The molecule has 0 N–H and O–H groups in total. The van der Waals surface area contributed by atoms with Gasteiger partial charge in [0, 0.05) is 5.02 Å². The quantitative estimate of drug-likeness (QED) is 0.634. The Morgan fingerprint density at radius 1 is 1.47 bits per heavy atom. The third kappa shape index (κ3) is 2.37. The van der Waals surface area contributed by atoms with Crippen molar-refractivity contribution in [3.63, 3.8) is 0 Å². The van der Waals surface area contributed by atoms with Crippen molar-refractivity contribution in [2.45, 2.75) is 19.6 Å². The molecule has 1 aromatic rings. The molecule has 1 heterocycles. The summed E-state index contributed by atoms with van der Waals surface area (Å²) in [7, 11) is 0. The lowest BCUT2D eigenvalue weighted by molar-refractivity contribution is -0.114. The van der Waals surface area contributed by atoms with Crippen molar-refractivity contribution in [3.05, 3.63) is 29.0 Å². The topological polar surface area (TPSA) is 35.9 Å². The van der Waals surface area contributed by atoms with Gasteiger partial charge in [0.15, 0.2) is 12.5 Å². The van der Waals surface area contributed by atoms with Crippen LogP contribution >= 0.6 is 11.6 Å². The molecule has 0 fully saturated rings. The Hall–Kier alpha value is -1.76. The number of hydrazone groups is 1. The molecule has 1 aliphatic rings. The van der Waals surface area contributed by atoms with Crippen molar-refractivity contribution in [1.29, 1.82) is 0 Å². The lowest BCUT2D eigenvalue weighted by Gasteiger charge is -2.26. The predicted octanol–water partition coefficient (Wildman–Crippen LogP) is 2.68. The number of halogens is 4. The van der Waals surface area contributed by atoms with Gasteiger partial charge in [0.1, 0.15) is 11.7 Å². The molecule has 19 heavy (non-hydrogen) atoms. The number of benzene rings is 1. The van der Waals surface area contributed by atoms with E-state index in [1.807, 2.05) is 0 Å². The molecule has 0 amide bonds. The summed E-state index contributed by atoms with van der Waals surface area (Å²) in [5.74, 6) is -0.812. The van der Waals surface area contributed by atoms with E-state index in [1.54, 1.807) is 0 Å². The molecule has 0 saturated carbocycles. The second-order valence-corrected chi connectivity index (χ2v) is 4.26. The fourth-order valence-corrected chi connectivity index (χ4v) is 1.98. The van der Waals surface area contributed by atoms with Crippen LogP contribution in [-0.4, -0.2) is 29.7 Å². The van der Waals surface area contributed by atoms with Crippen LogP contribution in [0.15, 0.2) is 23.3 Å². The number of rotatable bonds is 3. The van der Waals surface area contributed by atoms with Crippen molar-refractivity contribution in [3.8, 4) is 0 Å². The van der Waals surface area contributed by atoms with Gasteiger partial charge in [-0.1, -0.05) is 11.6 Å². The lowest BCUT2D eigenvalue weighted by atomic mass is 10.3. The lowest BCUT2D eigenvalue weighted by Crippen LogP contribution is -2.45. The van der Waals surface area contributed by atoms with E-state index < -0.39 is 18.5 Å². The van der Waals surface area contributed by atoms with Crippen molar-refractivity contribution in [1.82, 2.24) is 4.90 Å². The number of hydrogen-bond acceptors (Lipinski definition) is 4. The summed E-state index contributed by atoms with van der Waals surface area (Å²) in [5, 5.41) is 4.85. The van der Waals surface area contributed by atoms with Gasteiger partial charge in [0.05, 0.1) is 5.69 Å². The third-order valence-electron chi connectivity index (χ3n) is 2.65. The fraction of sp³-hybridized carbons (Fsp3) is 0.273. The first kappa shape index (κ1) is 13.7. The number of aldehydes is 1. The van der Waals surface area contributed by atoms with Gasteiger partial charge in [0.2, 0.25) is 0 Å². The molecule has 0 bridgehead atoms. The zero-order chi connectivity index (χ0) is 14.2. The number of carbonyl (C=O) groups is 1. The third-order valence-corrected chi connectivity index (χ3v) is 2.89. The minimum atomic E-state index is -2.90. The highest BCUT2D eigenvalue weighted by Gasteiger charge is 2.38. The van der Waals surface area contributed by atoms with Gasteiger partial charge in [-0.3, -0.25) is 9.69 Å². The van der Waals surface area contributed by atoms with Gasteiger partial charge in [-0.15, -0.1) is 0 Å². The average Bonchev–Trinajstić information content (AvgIpc) is 2.65. The molecule has 0 saturated heterocycles. The van der Waals surface area contributed by atoms with Crippen LogP contribution in [0.2, 0.25) is 5.02 Å². The molecule has 1 unspecified atom stereocenters. The standard InChI is InChI=1S/C11H9ClF3N3O/c1-6-16-18(10(5-19)17(6)11(14)15)9-3-2-7(12)4-8(9)13/h2-5,10-11H,1H3. The highest BCUT2D eigenvalue weighted by Crippen LogP contribution is 2.30. The zero-order valence-electron chi connectivity index (χ0n) is 9.73. The number of alkyl halides is 2. The van der Waals surface area contributed by atoms with E-state index in [-0.39, 0.29) is 22.8 Å². The van der Waals surface area contributed by atoms with Crippen molar-refractivity contribution in [2.75, 3.05) is 5.01 Å². The molecule has 0 aliphatic carbocycles. The van der Waals surface area contributed by atoms with Crippen molar-refractivity contribution >= 4 is 29.4 Å². The Labute approximate surface area is 112 Å². The maximum Gasteiger partial charge on any atom is 0.318 e. The van der Waals surface area contributed by atoms with E-state index in [4.69, 9.17) is 11.6 Å². The Morgan fingerprint density at radius 3 is 2.68 bits per heavy atom. The minimum Gasteiger partial charge on any atom is -0.299 e. The molecule has 0 spiro atoms. The van der Waals surface area contributed by atoms with Crippen LogP contribution < -0.4 is 5.01 Å². The van der Waals surface area contributed by atoms with Crippen LogP contribution in [0.5, 0.6) is 0 Å². The van der Waals surface area contributed by atoms with Crippen molar-refractivity contribution < 1.29 is 18.0 Å². The zero-order valence-corrected chi connectivity index (χ0v) is 10.5. The van der Waals surface area contributed by atoms with Crippen LogP contribution in [0.25, 0.3) is 0 Å². The summed E-state index contributed by atoms with van der Waals surface area (Å²) in [5.41, 5.74) is -0.0935. The monoisotopic (exact) mass is 291 g/mol. The Kier molecular flexibility index (Phi) is 3.66. The van der Waals surface area contributed by atoms with E-state index in [2.05, 4.69) is 5.10 Å². The largest absolute Gasteiger partial charge is 0.318 e. The predicted molar refractivity (Wildman–Crippen MR) is 64.7 cm³/mol. The maximum absolute atomic E-state index is 13.7. The summed E-state index contributed by atoms with van der Waals surface area (Å²) in [4.78, 5) is 11.5. The Bertz CT molecular complexity index is 538. The minimum absolute atomic E-state index is 0.0681. The molecule has 1 atom stereocenters. The first-order valence-electron chi connectivity index (χ1n) is 5.27. The second kappa shape index (κ2) is 5.08. The molecule has 0 radical (unpaired) electrons. The van der Waals surface area contributed by atoms with E-state index in [9.17, 15) is 18.0 Å². The summed E-state index contributed by atoms with van der Waals surface area (Å²) in [6.07, 6.45) is -1.10. The van der Waals surface area contributed by atoms with Gasteiger partial charge in [-0.2, -0.15) is 13.9 Å². The smallest absolute Gasteiger partial charge is 0.299 e. The summed E-state index contributed by atoms with van der Waals surface area (Å²) >= 11 is 5.61. The molecule has 1 aliphatic heterocycles. The molecule has 8 heteroatoms. The molecule has 1 aromatic carbocycles. The van der Waals surface area contributed by atoms with Gasteiger partial charge in [-0.25, -0.2) is 9.40 Å². The molecular formula is C11H9ClF3N3O. The SMILES string of the molecule is CC1=NN(c2ccc(Cl)cc2F)C(C=O)N1C(F)F. The fourth-order valence-electron chi connectivity index (χ4n) is 1.82. The van der Waals surface area contributed by atoms with Gasteiger partial charge in [-0.05, 0) is 25.1 Å². The van der Waals surface area contributed by atoms with Crippen LogP contribution in [0.4, 0.5) is 18.9 Å². The van der Waals surface area contributed by atoms with Gasteiger partial charge in [0.25, 0.3) is 0 Å². The van der Waals surface area contributed by atoms with Crippen LogP contribution in [0, 0.1) is 5.82 Å². The summed E-state index contributed by atoms with van der Waals surface area (Å²) in [6.45, 7) is -1.59. The Balaban J connectivity index is 2.42. The highest BCUT2D eigenvalue weighted by atomic mass is 35.5. The first-order valence-corrected chi connectivity index (χ1v) is 5.64. The van der Waals surface area contributed by atoms with E-state index in [0.29, 0.717) is 4.90 Å². The number of nitrogens with zero attached hydrogens (tertiary/aromatic N) is 3. The number of hydrogen-bond donors (Lipinski definition) is 0. The molecule has 0 aromatic heterocycles. The molecular weight excluding hydrogens is 283 g/mol. The highest BCUT2D eigenvalue weighted by molar-refractivity contribution is 6.30. The number of amidine groups is 1. The second-order valence-electron chi connectivity index (χ2n) is 3.82. The molecule has 2 rings (SSSR count). The number of carbonyl (C=O) groups excluding carboxylic acids is 1. The first-order chi connectivity index (χ1) is 8.95. The maximum atomic E-state index is 13.7. The summed E-state index contributed by atoms with van der Waals surface area (Å²) < 4.78 is 39.4. The van der Waals surface area contributed by atoms with Crippen molar-refractivity contribution in [2.24, 2.45) is 5.10 Å².